The molecule has 0 atom stereocenters. The van der Waals surface area contributed by atoms with Crippen molar-refractivity contribution in [3.05, 3.63) is 66.1 Å². The van der Waals surface area contributed by atoms with Gasteiger partial charge in [-0.1, -0.05) is 30.3 Å². The Bertz CT molecular complexity index is 853. The van der Waals surface area contributed by atoms with Gasteiger partial charge in [0.15, 0.2) is 0 Å². The number of benzene rings is 2. The standard InChI is InChI=1S/C20H21N3O2/c1-14-21-13-18(22-14)15-7-10-17(11-8-15)23-20(24)12-9-16-5-3-4-6-19(16)25-2/h3-8,10-11,13H,9,12H2,1-2H3,(H,21,22)(H,23,24). The zero-order chi connectivity index (χ0) is 17.6. The highest BCUT2D eigenvalue weighted by Gasteiger charge is 2.07. The van der Waals surface area contributed by atoms with E-state index < -0.39 is 0 Å². The molecule has 0 aliphatic heterocycles. The average Bonchev–Trinajstić information content (AvgIpc) is 3.07. The number of para-hydroxylation sites is 1. The van der Waals surface area contributed by atoms with Gasteiger partial charge >= 0.3 is 0 Å². The fraction of sp³-hybridized carbons (Fsp3) is 0.200. The number of ether oxygens (including phenoxy) is 1. The van der Waals surface area contributed by atoms with Gasteiger partial charge in [-0.3, -0.25) is 4.79 Å². The van der Waals surface area contributed by atoms with Gasteiger partial charge in [-0.2, -0.15) is 0 Å². The molecule has 2 N–H and O–H groups in total. The minimum Gasteiger partial charge on any atom is -0.496 e. The summed E-state index contributed by atoms with van der Waals surface area (Å²) in [5, 5.41) is 2.93. The SMILES string of the molecule is COc1ccccc1CCC(=O)Nc1ccc(-c2cnc(C)[nH]2)cc1. The van der Waals surface area contributed by atoms with Crippen LogP contribution in [0.15, 0.2) is 54.7 Å². The molecule has 3 aromatic rings. The van der Waals surface area contributed by atoms with E-state index in [1.807, 2.05) is 55.5 Å². The zero-order valence-corrected chi connectivity index (χ0v) is 14.4. The lowest BCUT2D eigenvalue weighted by molar-refractivity contribution is -0.116. The molecule has 5 heteroatoms. The Hall–Kier alpha value is -3.08. The van der Waals surface area contributed by atoms with Gasteiger partial charge in [-0.15, -0.1) is 0 Å². The molecule has 5 nitrogen and oxygen atoms in total. The number of imidazole rings is 1. The van der Waals surface area contributed by atoms with Crippen LogP contribution in [0, 0.1) is 6.92 Å². The number of methoxy groups -OCH3 is 1. The molecule has 1 aromatic heterocycles. The molecule has 128 valence electrons. The fourth-order valence-corrected chi connectivity index (χ4v) is 2.68. The second-order valence-corrected chi connectivity index (χ2v) is 5.82. The summed E-state index contributed by atoms with van der Waals surface area (Å²) in [7, 11) is 1.64. The molecule has 1 amide bonds. The molecule has 0 aliphatic rings. The molecule has 2 aromatic carbocycles. The van der Waals surface area contributed by atoms with Crippen LogP contribution in [0.4, 0.5) is 5.69 Å². The van der Waals surface area contributed by atoms with Crippen LogP contribution < -0.4 is 10.1 Å². The molecule has 0 saturated heterocycles. The third-order valence-electron chi connectivity index (χ3n) is 4.00. The highest BCUT2D eigenvalue weighted by molar-refractivity contribution is 5.91. The smallest absolute Gasteiger partial charge is 0.224 e. The van der Waals surface area contributed by atoms with Crippen molar-refractivity contribution in [3.63, 3.8) is 0 Å². The zero-order valence-electron chi connectivity index (χ0n) is 14.4. The maximum Gasteiger partial charge on any atom is 0.224 e. The average molecular weight is 335 g/mol. The maximum atomic E-state index is 12.2. The Kier molecular flexibility index (Phi) is 5.14. The summed E-state index contributed by atoms with van der Waals surface area (Å²) in [5.74, 6) is 1.68. The van der Waals surface area contributed by atoms with Crippen molar-refractivity contribution in [2.75, 3.05) is 12.4 Å². The molecule has 0 spiro atoms. The molecular weight excluding hydrogens is 314 g/mol. The van der Waals surface area contributed by atoms with Crippen molar-refractivity contribution in [1.82, 2.24) is 9.97 Å². The monoisotopic (exact) mass is 335 g/mol. The van der Waals surface area contributed by atoms with Crippen LogP contribution in [0.25, 0.3) is 11.3 Å². The molecular formula is C20H21N3O2. The third-order valence-corrected chi connectivity index (χ3v) is 4.00. The third kappa shape index (κ3) is 4.26. The summed E-state index contributed by atoms with van der Waals surface area (Å²) < 4.78 is 5.31. The minimum atomic E-state index is -0.0176. The predicted octanol–water partition coefficient (Wildman–Crippen LogP) is 3.97. The van der Waals surface area contributed by atoms with E-state index in [2.05, 4.69) is 15.3 Å². The van der Waals surface area contributed by atoms with E-state index >= 15 is 0 Å². The number of anilines is 1. The normalized spacial score (nSPS) is 10.5. The summed E-state index contributed by atoms with van der Waals surface area (Å²) in [5.41, 5.74) is 3.81. The van der Waals surface area contributed by atoms with Crippen molar-refractivity contribution in [2.45, 2.75) is 19.8 Å². The summed E-state index contributed by atoms with van der Waals surface area (Å²) >= 11 is 0. The van der Waals surface area contributed by atoms with Crippen LogP contribution in [0.3, 0.4) is 0 Å². The van der Waals surface area contributed by atoms with E-state index in [0.717, 1.165) is 34.1 Å². The Balaban J connectivity index is 1.57. The molecule has 0 unspecified atom stereocenters. The largest absolute Gasteiger partial charge is 0.496 e. The van der Waals surface area contributed by atoms with Gasteiger partial charge in [0.1, 0.15) is 11.6 Å². The summed E-state index contributed by atoms with van der Waals surface area (Å²) in [6.07, 6.45) is 2.85. The van der Waals surface area contributed by atoms with Gasteiger partial charge in [0, 0.05) is 12.1 Å². The Morgan fingerprint density at radius 2 is 1.92 bits per heavy atom. The first-order valence-electron chi connectivity index (χ1n) is 8.19. The first-order valence-corrected chi connectivity index (χ1v) is 8.19. The number of rotatable bonds is 6. The van der Waals surface area contributed by atoms with Crippen LogP contribution in [0.1, 0.15) is 17.8 Å². The lowest BCUT2D eigenvalue weighted by Gasteiger charge is -2.09. The number of carbonyl (C=O) groups is 1. The number of amides is 1. The molecule has 0 aliphatic carbocycles. The van der Waals surface area contributed by atoms with Gasteiger partial charge < -0.3 is 15.0 Å². The number of aryl methyl sites for hydroxylation is 2. The van der Waals surface area contributed by atoms with Crippen LogP contribution in [-0.4, -0.2) is 23.0 Å². The molecule has 0 radical (unpaired) electrons. The Labute approximate surface area is 147 Å². The van der Waals surface area contributed by atoms with E-state index in [4.69, 9.17) is 4.74 Å². The van der Waals surface area contributed by atoms with Crippen molar-refractivity contribution in [2.24, 2.45) is 0 Å². The highest BCUT2D eigenvalue weighted by Crippen LogP contribution is 2.21. The Morgan fingerprint density at radius 3 is 2.60 bits per heavy atom. The van der Waals surface area contributed by atoms with Crippen molar-refractivity contribution < 1.29 is 9.53 Å². The summed E-state index contributed by atoms with van der Waals surface area (Å²) in [6.45, 7) is 1.92. The van der Waals surface area contributed by atoms with E-state index in [0.29, 0.717) is 12.8 Å². The van der Waals surface area contributed by atoms with E-state index in [-0.39, 0.29) is 5.91 Å². The van der Waals surface area contributed by atoms with Crippen LogP contribution in [0.5, 0.6) is 5.75 Å². The summed E-state index contributed by atoms with van der Waals surface area (Å²) in [4.78, 5) is 19.6. The topological polar surface area (TPSA) is 67.0 Å². The predicted molar refractivity (Wildman–Crippen MR) is 98.7 cm³/mol. The number of nitrogens with one attached hydrogen (secondary N) is 2. The van der Waals surface area contributed by atoms with Crippen molar-refractivity contribution in [3.8, 4) is 17.0 Å². The van der Waals surface area contributed by atoms with Gasteiger partial charge in [-0.05, 0) is 42.7 Å². The minimum absolute atomic E-state index is 0.0176. The van der Waals surface area contributed by atoms with Crippen LogP contribution in [-0.2, 0) is 11.2 Å². The second kappa shape index (κ2) is 7.66. The molecule has 0 bridgehead atoms. The number of carbonyl (C=O) groups excluding carboxylic acids is 1. The lowest BCUT2D eigenvalue weighted by atomic mass is 10.1. The number of hydrogen-bond donors (Lipinski definition) is 2. The van der Waals surface area contributed by atoms with Crippen molar-refractivity contribution in [1.29, 1.82) is 0 Å². The number of hydrogen-bond acceptors (Lipinski definition) is 3. The second-order valence-electron chi connectivity index (χ2n) is 5.82. The molecule has 0 saturated carbocycles. The quantitative estimate of drug-likeness (QED) is 0.716. The van der Waals surface area contributed by atoms with Crippen molar-refractivity contribution >= 4 is 11.6 Å². The first kappa shape index (κ1) is 16.8. The van der Waals surface area contributed by atoms with Gasteiger partial charge in [0.05, 0.1) is 19.0 Å². The van der Waals surface area contributed by atoms with E-state index in [1.165, 1.54) is 0 Å². The Morgan fingerprint density at radius 1 is 1.16 bits per heavy atom. The van der Waals surface area contributed by atoms with Gasteiger partial charge in [0.25, 0.3) is 0 Å². The maximum absolute atomic E-state index is 12.2. The van der Waals surface area contributed by atoms with Gasteiger partial charge in [0.2, 0.25) is 5.91 Å². The fourth-order valence-electron chi connectivity index (χ4n) is 2.68. The number of H-pyrrole nitrogens is 1. The van der Waals surface area contributed by atoms with E-state index in [1.54, 1.807) is 13.3 Å². The molecule has 0 fully saturated rings. The van der Waals surface area contributed by atoms with E-state index in [9.17, 15) is 4.79 Å². The highest BCUT2D eigenvalue weighted by atomic mass is 16.5. The summed E-state index contributed by atoms with van der Waals surface area (Å²) in [6, 6.07) is 15.5. The number of nitrogens with zero attached hydrogens (tertiary/aromatic N) is 1. The first-order chi connectivity index (χ1) is 12.2. The van der Waals surface area contributed by atoms with Gasteiger partial charge in [-0.25, -0.2) is 4.98 Å². The number of aromatic nitrogens is 2. The number of aromatic amines is 1. The molecule has 1 heterocycles. The molecule has 25 heavy (non-hydrogen) atoms. The molecule has 3 rings (SSSR count). The van der Waals surface area contributed by atoms with Crippen LogP contribution >= 0.6 is 0 Å². The van der Waals surface area contributed by atoms with Crippen LogP contribution in [0.2, 0.25) is 0 Å². The lowest BCUT2D eigenvalue weighted by Crippen LogP contribution is -2.12.